The molecule has 1 aliphatic rings. The van der Waals surface area contributed by atoms with E-state index in [1.54, 1.807) is 0 Å². The van der Waals surface area contributed by atoms with Gasteiger partial charge in [0.15, 0.2) is 11.5 Å². The second-order valence-corrected chi connectivity index (χ2v) is 7.90. The molecule has 10 heteroatoms. The average molecular weight is 444 g/mol. The Morgan fingerprint density at radius 2 is 1.81 bits per heavy atom. The summed E-state index contributed by atoms with van der Waals surface area (Å²) < 4.78 is 40.7. The van der Waals surface area contributed by atoms with E-state index in [2.05, 4.69) is 15.9 Å². The van der Waals surface area contributed by atoms with Crippen LogP contribution in [0.1, 0.15) is 12.0 Å². The van der Waals surface area contributed by atoms with Gasteiger partial charge in [-0.1, -0.05) is 15.9 Å². The van der Waals surface area contributed by atoms with Crippen molar-refractivity contribution >= 4 is 31.7 Å². The van der Waals surface area contributed by atoms with Crippen molar-refractivity contribution in [1.29, 1.82) is 0 Å². The fraction of sp³-hybridized carbons (Fsp3) is 0.250. The van der Waals surface area contributed by atoms with E-state index in [-0.39, 0.29) is 24.0 Å². The molecule has 1 heterocycles. The zero-order chi connectivity index (χ0) is 18.7. The molecule has 0 spiro atoms. The monoisotopic (exact) mass is 443 g/mol. The Bertz CT molecular complexity index is 928. The Labute approximate surface area is 158 Å². The third-order valence-electron chi connectivity index (χ3n) is 3.71. The normalized spacial score (nSPS) is 13.0. The number of nitrogens with zero attached hydrogens (tertiary/aromatic N) is 1. The van der Waals surface area contributed by atoms with E-state index < -0.39 is 15.0 Å². The van der Waals surface area contributed by atoms with Crippen LogP contribution in [0.25, 0.3) is 0 Å². The molecule has 0 aromatic heterocycles. The number of benzene rings is 2. The van der Waals surface area contributed by atoms with Gasteiger partial charge in [-0.15, -0.1) is 0 Å². The van der Waals surface area contributed by atoms with Crippen LogP contribution in [0.3, 0.4) is 0 Å². The lowest BCUT2D eigenvalue weighted by molar-refractivity contribution is -0.384. The van der Waals surface area contributed by atoms with Gasteiger partial charge >= 0.3 is 0 Å². The summed E-state index contributed by atoms with van der Waals surface area (Å²) >= 11 is 3.45. The topological polar surface area (TPSA) is 105 Å². The first-order valence-electron chi connectivity index (χ1n) is 7.59. The third kappa shape index (κ3) is 4.14. The standard InChI is InChI=1S/C16H14BrNO7S/c17-14-9-16-15(23-10-24-16)8-11(14)2-1-7-25-26(21,22)13-5-3-12(4-6-13)18(19)20/h3-6,8-9H,1-2,7,10H2. The predicted molar refractivity (Wildman–Crippen MR) is 94.8 cm³/mol. The maximum Gasteiger partial charge on any atom is 0.296 e. The van der Waals surface area contributed by atoms with Gasteiger partial charge in [-0.25, -0.2) is 0 Å². The molecule has 3 rings (SSSR count). The van der Waals surface area contributed by atoms with Crippen molar-refractivity contribution in [1.82, 2.24) is 0 Å². The first-order chi connectivity index (χ1) is 12.4. The van der Waals surface area contributed by atoms with Gasteiger partial charge in [0.2, 0.25) is 6.79 Å². The minimum atomic E-state index is -3.96. The van der Waals surface area contributed by atoms with Gasteiger partial charge in [-0.3, -0.25) is 14.3 Å². The molecule has 0 amide bonds. The highest BCUT2D eigenvalue weighted by molar-refractivity contribution is 9.10. The molecule has 138 valence electrons. The van der Waals surface area contributed by atoms with Crippen molar-refractivity contribution in [2.24, 2.45) is 0 Å². The first-order valence-corrected chi connectivity index (χ1v) is 9.79. The molecule has 0 radical (unpaired) electrons. The Morgan fingerprint density at radius 3 is 2.46 bits per heavy atom. The summed E-state index contributed by atoms with van der Waals surface area (Å²) in [4.78, 5) is 9.90. The summed E-state index contributed by atoms with van der Waals surface area (Å²) in [5, 5.41) is 10.6. The summed E-state index contributed by atoms with van der Waals surface area (Å²) in [7, 11) is -3.96. The highest BCUT2D eigenvalue weighted by Crippen LogP contribution is 2.37. The van der Waals surface area contributed by atoms with E-state index >= 15 is 0 Å². The number of fused-ring (bicyclic) bond motifs is 1. The zero-order valence-corrected chi connectivity index (χ0v) is 15.8. The highest BCUT2D eigenvalue weighted by atomic mass is 79.9. The molecule has 0 unspecified atom stereocenters. The van der Waals surface area contributed by atoms with E-state index in [9.17, 15) is 18.5 Å². The number of hydrogen-bond donors (Lipinski definition) is 0. The largest absolute Gasteiger partial charge is 0.454 e. The van der Waals surface area contributed by atoms with E-state index in [1.807, 2.05) is 12.1 Å². The Kier molecular flexibility index (Phi) is 5.44. The summed E-state index contributed by atoms with van der Waals surface area (Å²) in [6, 6.07) is 8.22. The van der Waals surface area contributed by atoms with E-state index in [0.717, 1.165) is 34.3 Å². The number of ether oxygens (including phenoxy) is 2. The summed E-state index contributed by atoms with van der Waals surface area (Å²) in [6.07, 6.45) is 1.04. The molecule has 0 saturated heterocycles. The van der Waals surface area contributed by atoms with Crippen LogP contribution in [0.4, 0.5) is 5.69 Å². The van der Waals surface area contributed by atoms with Gasteiger partial charge in [0.25, 0.3) is 15.8 Å². The van der Waals surface area contributed by atoms with Gasteiger partial charge in [0.05, 0.1) is 16.4 Å². The SMILES string of the molecule is O=[N+]([O-])c1ccc(S(=O)(=O)OCCCc2cc3c(cc2Br)OCO3)cc1. The van der Waals surface area contributed by atoms with Crippen molar-refractivity contribution < 1.29 is 27.0 Å². The summed E-state index contributed by atoms with van der Waals surface area (Å²) in [6.45, 7) is 0.169. The number of nitro benzene ring substituents is 1. The van der Waals surface area contributed by atoms with Crippen LogP contribution in [0, 0.1) is 10.1 Å². The number of rotatable bonds is 7. The van der Waals surface area contributed by atoms with E-state index in [4.69, 9.17) is 13.7 Å². The fourth-order valence-corrected chi connectivity index (χ4v) is 3.85. The Morgan fingerprint density at radius 1 is 1.15 bits per heavy atom. The molecule has 1 aliphatic heterocycles. The van der Waals surface area contributed by atoms with Gasteiger partial charge in [0, 0.05) is 16.6 Å². The second-order valence-electron chi connectivity index (χ2n) is 5.43. The third-order valence-corrected chi connectivity index (χ3v) is 5.77. The summed E-state index contributed by atoms with van der Waals surface area (Å²) in [5.74, 6) is 1.32. The molecule has 0 aliphatic carbocycles. The van der Waals surface area contributed by atoms with Crippen molar-refractivity contribution in [3.8, 4) is 11.5 Å². The Hall–Kier alpha value is -2.17. The predicted octanol–water partition coefficient (Wildman–Crippen LogP) is 3.42. The lowest BCUT2D eigenvalue weighted by Gasteiger charge is -2.08. The number of non-ortho nitro benzene ring substituents is 1. The smallest absolute Gasteiger partial charge is 0.296 e. The second kappa shape index (κ2) is 7.60. The van der Waals surface area contributed by atoms with Gasteiger partial charge in [-0.2, -0.15) is 8.42 Å². The fourth-order valence-electron chi connectivity index (χ4n) is 2.38. The molecule has 2 aromatic rings. The van der Waals surface area contributed by atoms with Crippen LogP contribution < -0.4 is 9.47 Å². The molecule has 0 fully saturated rings. The van der Waals surface area contributed by atoms with Gasteiger partial charge in [-0.05, 0) is 42.7 Å². The molecule has 26 heavy (non-hydrogen) atoms. The number of aryl methyl sites for hydroxylation is 1. The minimum Gasteiger partial charge on any atom is -0.454 e. The van der Waals surface area contributed by atoms with Crippen molar-refractivity contribution in [2.75, 3.05) is 13.4 Å². The average Bonchev–Trinajstić information content (AvgIpc) is 3.05. The molecule has 0 N–H and O–H groups in total. The molecule has 0 saturated carbocycles. The first kappa shape index (κ1) is 18.6. The molecule has 8 nitrogen and oxygen atoms in total. The molecule has 0 atom stereocenters. The van der Waals surface area contributed by atoms with Crippen LogP contribution in [0.15, 0.2) is 45.8 Å². The number of nitro groups is 1. The molecular formula is C16H14BrNO7S. The molecular weight excluding hydrogens is 430 g/mol. The zero-order valence-electron chi connectivity index (χ0n) is 13.4. The van der Waals surface area contributed by atoms with Crippen LogP contribution >= 0.6 is 15.9 Å². The lowest BCUT2D eigenvalue weighted by Crippen LogP contribution is -2.08. The molecule has 0 bridgehead atoms. The quantitative estimate of drug-likeness (QED) is 0.279. The maximum absolute atomic E-state index is 12.1. The van der Waals surface area contributed by atoms with Crippen LogP contribution in [0.2, 0.25) is 0 Å². The number of halogens is 1. The summed E-state index contributed by atoms with van der Waals surface area (Å²) in [5.41, 5.74) is 0.766. The maximum atomic E-state index is 12.1. The van der Waals surface area contributed by atoms with Crippen LogP contribution in [-0.2, 0) is 20.7 Å². The van der Waals surface area contributed by atoms with Crippen LogP contribution in [-0.4, -0.2) is 26.7 Å². The Balaban J connectivity index is 1.56. The van der Waals surface area contributed by atoms with Gasteiger partial charge in [0.1, 0.15) is 0 Å². The molecule has 2 aromatic carbocycles. The highest BCUT2D eigenvalue weighted by Gasteiger charge is 2.18. The van der Waals surface area contributed by atoms with E-state index in [1.165, 1.54) is 0 Å². The van der Waals surface area contributed by atoms with Gasteiger partial charge < -0.3 is 9.47 Å². The lowest BCUT2D eigenvalue weighted by atomic mass is 10.1. The number of hydrogen-bond acceptors (Lipinski definition) is 7. The van der Waals surface area contributed by atoms with Crippen LogP contribution in [0.5, 0.6) is 11.5 Å². The van der Waals surface area contributed by atoms with Crippen molar-refractivity contribution in [3.63, 3.8) is 0 Å². The van der Waals surface area contributed by atoms with E-state index in [0.29, 0.717) is 24.3 Å². The van der Waals surface area contributed by atoms with Crippen molar-refractivity contribution in [3.05, 3.63) is 56.5 Å². The van der Waals surface area contributed by atoms with Crippen molar-refractivity contribution in [2.45, 2.75) is 17.7 Å². The minimum absolute atomic E-state index is 0.0137.